The van der Waals surface area contributed by atoms with Crippen LogP contribution in [0.4, 0.5) is 15.8 Å². The third-order valence-corrected chi connectivity index (χ3v) is 3.52. The fraction of sp³-hybridized carbons (Fsp3) is 0.176. The fourth-order valence-corrected chi connectivity index (χ4v) is 2.08. The molecule has 2 aromatic rings. The first kappa shape index (κ1) is 18.1. The largest absolute Gasteiger partial charge is 0.341 e. The maximum Gasteiger partial charge on any atom is 0.270 e. The first-order valence-electron chi connectivity index (χ1n) is 7.40. The molecule has 1 unspecified atom stereocenters. The summed E-state index contributed by atoms with van der Waals surface area (Å²) in [5.41, 5.74) is 0.823. The molecule has 2 rings (SSSR count). The molecule has 0 aliphatic carbocycles. The molecule has 25 heavy (non-hydrogen) atoms. The lowest BCUT2D eigenvalue weighted by molar-refractivity contribution is -0.384. The van der Waals surface area contributed by atoms with Gasteiger partial charge in [0, 0.05) is 23.4 Å². The average molecular weight is 345 g/mol. The van der Waals surface area contributed by atoms with Crippen molar-refractivity contribution >= 4 is 23.2 Å². The van der Waals surface area contributed by atoms with Crippen LogP contribution in [-0.4, -0.2) is 22.8 Å². The Bertz CT molecular complexity index is 838. The number of nitrogens with zero attached hydrogens (tertiary/aromatic N) is 1. The van der Waals surface area contributed by atoms with Crippen LogP contribution in [0, 0.1) is 22.9 Å². The number of nitrogens with one attached hydrogen (secondary N) is 2. The molecule has 0 spiro atoms. The lowest BCUT2D eigenvalue weighted by atomic mass is 10.1. The normalized spacial score (nSPS) is 11.5. The molecule has 130 valence electrons. The summed E-state index contributed by atoms with van der Waals surface area (Å²) in [7, 11) is 0. The summed E-state index contributed by atoms with van der Waals surface area (Å²) >= 11 is 0. The predicted octanol–water partition coefficient (Wildman–Crippen LogP) is 2.80. The van der Waals surface area contributed by atoms with E-state index in [1.54, 1.807) is 6.92 Å². The summed E-state index contributed by atoms with van der Waals surface area (Å²) in [6.07, 6.45) is 0. The molecule has 2 aromatic carbocycles. The fourth-order valence-electron chi connectivity index (χ4n) is 2.08. The molecule has 0 fully saturated rings. The zero-order chi connectivity index (χ0) is 18.6. The second kappa shape index (κ2) is 7.52. The van der Waals surface area contributed by atoms with Gasteiger partial charge in [0.1, 0.15) is 11.9 Å². The van der Waals surface area contributed by atoms with E-state index in [4.69, 9.17) is 0 Å². The van der Waals surface area contributed by atoms with Crippen molar-refractivity contribution in [2.24, 2.45) is 0 Å². The van der Waals surface area contributed by atoms with Crippen LogP contribution in [-0.2, 0) is 4.79 Å². The molecule has 2 amide bonds. The van der Waals surface area contributed by atoms with Gasteiger partial charge in [-0.05, 0) is 37.6 Å². The zero-order valence-corrected chi connectivity index (χ0v) is 13.6. The number of amides is 2. The molecular formula is C17H16FN3O4. The summed E-state index contributed by atoms with van der Waals surface area (Å²) in [6, 6.07) is 8.24. The Hall–Kier alpha value is -3.29. The number of carbonyl (C=O) groups is 2. The van der Waals surface area contributed by atoms with Gasteiger partial charge in [-0.25, -0.2) is 4.39 Å². The molecule has 0 aliphatic heterocycles. The average Bonchev–Trinajstić information content (AvgIpc) is 2.58. The molecule has 0 radical (unpaired) electrons. The number of nitro groups is 1. The first-order valence-corrected chi connectivity index (χ1v) is 7.40. The van der Waals surface area contributed by atoms with E-state index in [9.17, 15) is 24.1 Å². The second-order valence-corrected chi connectivity index (χ2v) is 5.45. The van der Waals surface area contributed by atoms with Crippen LogP contribution in [0.5, 0.6) is 0 Å². The summed E-state index contributed by atoms with van der Waals surface area (Å²) in [4.78, 5) is 34.4. The third kappa shape index (κ3) is 4.60. The van der Waals surface area contributed by atoms with Crippen LogP contribution in [0.15, 0.2) is 42.5 Å². The maximum absolute atomic E-state index is 13.3. The van der Waals surface area contributed by atoms with Crippen molar-refractivity contribution in [3.05, 3.63) is 69.5 Å². The molecule has 2 N–H and O–H groups in total. The van der Waals surface area contributed by atoms with E-state index in [1.807, 2.05) is 0 Å². The van der Waals surface area contributed by atoms with E-state index in [1.165, 1.54) is 43.3 Å². The number of non-ortho nitro benzene ring substituents is 1. The predicted molar refractivity (Wildman–Crippen MR) is 89.8 cm³/mol. The van der Waals surface area contributed by atoms with Gasteiger partial charge < -0.3 is 10.6 Å². The van der Waals surface area contributed by atoms with Crippen molar-refractivity contribution in [3.63, 3.8) is 0 Å². The quantitative estimate of drug-likeness (QED) is 0.642. The van der Waals surface area contributed by atoms with Crippen LogP contribution >= 0.6 is 0 Å². The third-order valence-electron chi connectivity index (χ3n) is 3.52. The molecule has 0 aliphatic rings. The monoisotopic (exact) mass is 345 g/mol. The zero-order valence-electron chi connectivity index (χ0n) is 13.6. The molecule has 0 heterocycles. The van der Waals surface area contributed by atoms with Crippen LogP contribution in [0.2, 0.25) is 0 Å². The lowest BCUT2D eigenvalue weighted by Gasteiger charge is -2.15. The van der Waals surface area contributed by atoms with E-state index >= 15 is 0 Å². The van der Waals surface area contributed by atoms with Gasteiger partial charge in [-0.2, -0.15) is 0 Å². The Labute approximate surface area is 143 Å². The highest BCUT2D eigenvalue weighted by Gasteiger charge is 2.19. The van der Waals surface area contributed by atoms with E-state index in [2.05, 4.69) is 10.6 Å². The lowest BCUT2D eigenvalue weighted by Crippen LogP contribution is -2.41. The summed E-state index contributed by atoms with van der Waals surface area (Å²) in [6.45, 7) is 3.17. The number of aryl methyl sites for hydroxylation is 1. The van der Waals surface area contributed by atoms with Gasteiger partial charge >= 0.3 is 0 Å². The van der Waals surface area contributed by atoms with Crippen LogP contribution in [0.25, 0.3) is 0 Å². The molecule has 7 nitrogen and oxygen atoms in total. The minimum Gasteiger partial charge on any atom is -0.341 e. The Morgan fingerprint density at radius 1 is 1.20 bits per heavy atom. The van der Waals surface area contributed by atoms with Gasteiger partial charge in [0.05, 0.1) is 4.92 Å². The van der Waals surface area contributed by atoms with Crippen molar-refractivity contribution < 1.29 is 18.9 Å². The molecule has 0 saturated heterocycles. The van der Waals surface area contributed by atoms with E-state index < -0.39 is 28.6 Å². The maximum atomic E-state index is 13.3. The van der Waals surface area contributed by atoms with Crippen molar-refractivity contribution in [2.45, 2.75) is 19.9 Å². The molecule has 0 saturated carbocycles. The van der Waals surface area contributed by atoms with Gasteiger partial charge in [0.25, 0.3) is 11.6 Å². The summed E-state index contributed by atoms with van der Waals surface area (Å²) in [5.74, 6) is -1.65. The number of nitro benzene ring substituents is 1. The highest BCUT2D eigenvalue weighted by atomic mass is 19.1. The van der Waals surface area contributed by atoms with E-state index in [0.717, 1.165) is 6.07 Å². The van der Waals surface area contributed by atoms with Crippen LogP contribution in [0.1, 0.15) is 22.8 Å². The highest BCUT2D eigenvalue weighted by Crippen LogP contribution is 2.16. The molecule has 0 aromatic heterocycles. The van der Waals surface area contributed by atoms with Crippen molar-refractivity contribution in [3.8, 4) is 0 Å². The van der Waals surface area contributed by atoms with Gasteiger partial charge in [-0.1, -0.05) is 12.1 Å². The van der Waals surface area contributed by atoms with Crippen molar-refractivity contribution in [1.29, 1.82) is 0 Å². The van der Waals surface area contributed by atoms with Gasteiger partial charge in [-0.15, -0.1) is 0 Å². The minimum atomic E-state index is -0.922. The number of hydrogen-bond donors (Lipinski definition) is 2. The standard InChI is InChI=1S/C17H16FN3O4/c1-10-6-7-13(18)9-15(10)20-16(22)11(2)19-17(23)12-4-3-5-14(8-12)21(24)25/h3-9,11H,1-2H3,(H,19,23)(H,20,22). The number of rotatable bonds is 5. The molecule has 8 heteroatoms. The molecule has 0 bridgehead atoms. The van der Waals surface area contributed by atoms with Crippen LogP contribution in [0.3, 0.4) is 0 Å². The Morgan fingerprint density at radius 3 is 2.60 bits per heavy atom. The number of benzene rings is 2. The van der Waals surface area contributed by atoms with E-state index in [0.29, 0.717) is 11.3 Å². The smallest absolute Gasteiger partial charge is 0.270 e. The SMILES string of the molecule is Cc1ccc(F)cc1NC(=O)C(C)NC(=O)c1cccc([N+](=O)[O-])c1. The first-order chi connectivity index (χ1) is 11.8. The van der Waals surface area contributed by atoms with Crippen molar-refractivity contribution in [1.82, 2.24) is 5.32 Å². The summed E-state index contributed by atoms with van der Waals surface area (Å²) < 4.78 is 13.3. The number of hydrogen-bond acceptors (Lipinski definition) is 4. The number of anilines is 1. The Kier molecular flexibility index (Phi) is 5.43. The second-order valence-electron chi connectivity index (χ2n) is 5.45. The van der Waals surface area contributed by atoms with Gasteiger partial charge in [0.15, 0.2) is 0 Å². The van der Waals surface area contributed by atoms with E-state index in [-0.39, 0.29) is 11.3 Å². The Morgan fingerprint density at radius 2 is 1.92 bits per heavy atom. The van der Waals surface area contributed by atoms with Gasteiger partial charge in [0.2, 0.25) is 5.91 Å². The number of halogens is 1. The highest BCUT2D eigenvalue weighted by molar-refractivity contribution is 6.01. The van der Waals surface area contributed by atoms with Crippen molar-refractivity contribution in [2.75, 3.05) is 5.32 Å². The Balaban J connectivity index is 2.05. The topological polar surface area (TPSA) is 101 Å². The van der Waals surface area contributed by atoms with Crippen LogP contribution < -0.4 is 10.6 Å². The molecule has 1 atom stereocenters. The minimum absolute atomic E-state index is 0.0655. The molecular weight excluding hydrogens is 329 g/mol. The van der Waals surface area contributed by atoms with Gasteiger partial charge in [-0.3, -0.25) is 19.7 Å². The number of carbonyl (C=O) groups excluding carboxylic acids is 2. The summed E-state index contributed by atoms with van der Waals surface area (Å²) in [5, 5.41) is 15.7.